The minimum absolute atomic E-state index is 0.0375. The number of likely N-dealkylation sites (N-methyl/N-ethyl adjacent to an activating group) is 1. The Bertz CT molecular complexity index is 432. The molecule has 0 spiro atoms. The van der Waals surface area contributed by atoms with E-state index in [4.69, 9.17) is 11.6 Å². The van der Waals surface area contributed by atoms with E-state index < -0.39 is 0 Å². The Kier molecular flexibility index (Phi) is 4.08. The maximum atomic E-state index is 11.5. The lowest BCUT2D eigenvalue weighted by Crippen LogP contribution is -2.41. The van der Waals surface area contributed by atoms with E-state index in [0.29, 0.717) is 18.6 Å². The van der Waals surface area contributed by atoms with E-state index in [1.54, 1.807) is 0 Å². The van der Waals surface area contributed by atoms with E-state index in [1.165, 1.54) is 5.56 Å². The molecule has 0 bridgehead atoms. The van der Waals surface area contributed by atoms with Crippen LogP contribution in [-0.2, 0) is 10.2 Å². The minimum Gasteiger partial charge on any atom is -0.309 e. The fourth-order valence-corrected chi connectivity index (χ4v) is 3.35. The predicted octanol–water partition coefficient (Wildman–Crippen LogP) is 3.28. The van der Waals surface area contributed by atoms with Gasteiger partial charge in [0.25, 0.3) is 0 Å². The van der Waals surface area contributed by atoms with Crippen molar-refractivity contribution in [2.75, 3.05) is 20.6 Å². The van der Waals surface area contributed by atoms with Gasteiger partial charge >= 0.3 is 0 Å². The zero-order valence-electron chi connectivity index (χ0n) is 11.1. The van der Waals surface area contributed by atoms with Crippen molar-refractivity contribution in [3.05, 3.63) is 34.9 Å². The molecule has 1 saturated carbocycles. The lowest BCUT2D eigenvalue weighted by atomic mass is 9.69. The molecule has 0 radical (unpaired) electrons. The topological polar surface area (TPSA) is 20.3 Å². The van der Waals surface area contributed by atoms with Crippen molar-refractivity contribution in [1.29, 1.82) is 0 Å². The number of hydrogen-bond donors (Lipinski definition) is 0. The number of Topliss-reactive ketones (excluding diaryl/α,β-unsaturated/α-hetero) is 1. The number of halogens is 1. The van der Waals surface area contributed by atoms with Crippen molar-refractivity contribution in [2.45, 2.75) is 31.1 Å². The quantitative estimate of drug-likeness (QED) is 0.836. The normalized spacial score (nSPS) is 19.2. The SMILES string of the molecule is CN(C)CC1(c2ccccc2Cl)CCC(=O)CC1. The van der Waals surface area contributed by atoms with Gasteiger partial charge in [0.1, 0.15) is 5.78 Å². The maximum Gasteiger partial charge on any atom is 0.132 e. The van der Waals surface area contributed by atoms with Crippen LogP contribution in [0.5, 0.6) is 0 Å². The summed E-state index contributed by atoms with van der Waals surface area (Å²) in [5.74, 6) is 0.386. The van der Waals surface area contributed by atoms with Crippen molar-refractivity contribution in [1.82, 2.24) is 4.90 Å². The van der Waals surface area contributed by atoms with Gasteiger partial charge in [-0.15, -0.1) is 0 Å². The van der Waals surface area contributed by atoms with Gasteiger partial charge in [-0.2, -0.15) is 0 Å². The molecule has 1 aliphatic rings. The molecule has 0 aliphatic heterocycles. The van der Waals surface area contributed by atoms with Crippen LogP contribution in [-0.4, -0.2) is 31.3 Å². The number of rotatable bonds is 3. The second-order valence-electron chi connectivity index (χ2n) is 5.54. The van der Waals surface area contributed by atoms with Gasteiger partial charge in [-0.05, 0) is 38.6 Å². The highest BCUT2D eigenvalue weighted by Gasteiger charge is 2.37. The van der Waals surface area contributed by atoms with Gasteiger partial charge in [-0.3, -0.25) is 4.79 Å². The molecular weight excluding hydrogens is 246 g/mol. The zero-order chi connectivity index (χ0) is 13.2. The van der Waals surface area contributed by atoms with Crippen molar-refractivity contribution < 1.29 is 4.79 Å². The molecule has 1 aliphatic carbocycles. The van der Waals surface area contributed by atoms with Gasteiger partial charge in [-0.25, -0.2) is 0 Å². The summed E-state index contributed by atoms with van der Waals surface area (Å²) in [7, 11) is 4.16. The Balaban J connectivity index is 2.36. The van der Waals surface area contributed by atoms with Crippen LogP contribution < -0.4 is 0 Å². The molecule has 3 heteroatoms. The van der Waals surface area contributed by atoms with Gasteiger partial charge in [0, 0.05) is 29.8 Å². The molecule has 0 heterocycles. The molecule has 2 rings (SSSR count). The third kappa shape index (κ3) is 2.76. The lowest BCUT2D eigenvalue weighted by Gasteiger charge is -2.40. The summed E-state index contributed by atoms with van der Waals surface area (Å²) in [6.45, 7) is 0.948. The maximum absolute atomic E-state index is 11.5. The van der Waals surface area contributed by atoms with E-state index in [2.05, 4.69) is 25.1 Å². The van der Waals surface area contributed by atoms with Crippen LogP contribution in [0.3, 0.4) is 0 Å². The second-order valence-corrected chi connectivity index (χ2v) is 5.94. The Labute approximate surface area is 114 Å². The fourth-order valence-electron chi connectivity index (χ4n) is 3.02. The molecule has 0 saturated heterocycles. The number of nitrogens with zero attached hydrogens (tertiary/aromatic N) is 1. The molecule has 0 unspecified atom stereocenters. The number of carbonyl (C=O) groups is 1. The Morgan fingerprint density at radius 2 is 1.83 bits per heavy atom. The average molecular weight is 266 g/mol. The van der Waals surface area contributed by atoms with E-state index >= 15 is 0 Å². The summed E-state index contributed by atoms with van der Waals surface area (Å²) in [6.07, 6.45) is 3.18. The first kappa shape index (κ1) is 13.6. The summed E-state index contributed by atoms with van der Waals surface area (Å²) in [5.41, 5.74) is 1.24. The Hall–Kier alpha value is -0.860. The van der Waals surface area contributed by atoms with Gasteiger partial charge in [0.05, 0.1) is 0 Å². The fraction of sp³-hybridized carbons (Fsp3) is 0.533. The van der Waals surface area contributed by atoms with Gasteiger partial charge in [-0.1, -0.05) is 29.8 Å². The molecule has 0 aromatic heterocycles. The largest absolute Gasteiger partial charge is 0.309 e. The summed E-state index contributed by atoms with van der Waals surface area (Å²) in [4.78, 5) is 13.7. The first-order valence-corrected chi connectivity index (χ1v) is 6.83. The van der Waals surface area contributed by atoms with Gasteiger partial charge < -0.3 is 4.90 Å². The molecule has 2 nitrogen and oxygen atoms in total. The van der Waals surface area contributed by atoms with Crippen LogP contribution in [0.4, 0.5) is 0 Å². The van der Waals surface area contributed by atoms with Crippen LogP contribution in [0.15, 0.2) is 24.3 Å². The van der Waals surface area contributed by atoms with Crippen LogP contribution in [0.2, 0.25) is 5.02 Å². The van der Waals surface area contributed by atoms with Gasteiger partial charge in [0.15, 0.2) is 0 Å². The predicted molar refractivity (Wildman–Crippen MR) is 75.2 cm³/mol. The van der Waals surface area contributed by atoms with E-state index in [9.17, 15) is 4.79 Å². The van der Waals surface area contributed by atoms with Crippen LogP contribution in [0.1, 0.15) is 31.2 Å². The van der Waals surface area contributed by atoms with Crippen LogP contribution >= 0.6 is 11.6 Å². The molecular formula is C15H20ClNO. The second kappa shape index (κ2) is 5.41. The Morgan fingerprint density at radius 1 is 1.22 bits per heavy atom. The molecule has 1 aromatic rings. The number of benzene rings is 1. The highest BCUT2D eigenvalue weighted by molar-refractivity contribution is 6.31. The highest BCUT2D eigenvalue weighted by Crippen LogP contribution is 2.41. The van der Waals surface area contributed by atoms with Crippen molar-refractivity contribution in [3.63, 3.8) is 0 Å². The zero-order valence-corrected chi connectivity index (χ0v) is 11.8. The van der Waals surface area contributed by atoms with E-state index in [1.807, 2.05) is 18.2 Å². The van der Waals surface area contributed by atoms with E-state index in [-0.39, 0.29) is 5.41 Å². The van der Waals surface area contributed by atoms with Gasteiger partial charge in [0.2, 0.25) is 0 Å². The summed E-state index contributed by atoms with van der Waals surface area (Å²) in [5, 5.41) is 0.827. The third-order valence-corrected chi connectivity index (χ3v) is 4.16. The van der Waals surface area contributed by atoms with Crippen molar-refractivity contribution in [2.24, 2.45) is 0 Å². The van der Waals surface area contributed by atoms with Crippen LogP contribution in [0, 0.1) is 0 Å². The standard InChI is InChI=1S/C15H20ClNO/c1-17(2)11-15(9-7-12(18)8-10-15)13-5-3-4-6-14(13)16/h3-6H,7-11H2,1-2H3. The van der Waals surface area contributed by atoms with Crippen molar-refractivity contribution in [3.8, 4) is 0 Å². The molecule has 0 atom stereocenters. The van der Waals surface area contributed by atoms with Crippen molar-refractivity contribution >= 4 is 17.4 Å². The van der Waals surface area contributed by atoms with E-state index in [0.717, 1.165) is 24.4 Å². The summed E-state index contributed by atoms with van der Waals surface area (Å²) < 4.78 is 0. The lowest BCUT2D eigenvalue weighted by molar-refractivity contribution is -0.121. The minimum atomic E-state index is 0.0375. The average Bonchev–Trinajstić information content (AvgIpc) is 2.32. The number of hydrogen-bond acceptors (Lipinski definition) is 2. The smallest absolute Gasteiger partial charge is 0.132 e. The summed E-state index contributed by atoms with van der Waals surface area (Å²) in [6, 6.07) is 8.06. The molecule has 0 N–H and O–H groups in total. The molecule has 98 valence electrons. The summed E-state index contributed by atoms with van der Waals surface area (Å²) >= 11 is 6.36. The highest BCUT2D eigenvalue weighted by atomic mass is 35.5. The monoisotopic (exact) mass is 265 g/mol. The molecule has 1 fully saturated rings. The number of ketones is 1. The third-order valence-electron chi connectivity index (χ3n) is 3.83. The number of carbonyl (C=O) groups excluding carboxylic acids is 1. The first-order chi connectivity index (χ1) is 8.53. The first-order valence-electron chi connectivity index (χ1n) is 6.45. The molecule has 0 amide bonds. The Morgan fingerprint density at radius 3 is 2.39 bits per heavy atom. The molecule has 1 aromatic carbocycles. The van der Waals surface area contributed by atoms with Crippen LogP contribution in [0.25, 0.3) is 0 Å². The molecule has 18 heavy (non-hydrogen) atoms.